The van der Waals surface area contributed by atoms with Crippen LogP contribution in [0.5, 0.6) is 0 Å². The van der Waals surface area contributed by atoms with Crippen LogP contribution in [0, 0.1) is 0 Å². The Kier molecular flexibility index (Phi) is 4.24. The summed E-state index contributed by atoms with van der Waals surface area (Å²) in [7, 11) is 0. The highest BCUT2D eigenvalue weighted by atomic mass is 35.5. The number of halogens is 4. The van der Waals surface area contributed by atoms with E-state index in [-0.39, 0.29) is 10.6 Å². The van der Waals surface area contributed by atoms with Crippen molar-refractivity contribution in [1.29, 1.82) is 0 Å². The Morgan fingerprint density at radius 2 is 2.06 bits per heavy atom. The van der Waals surface area contributed by atoms with Crippen molar-refractivity contribution >= 4 is 17.7 Å². The quantitative estimate of drug-likeness (QED) is 0.724. The Morgan fingerprint density at radius 3 is 2.62 bits per heavy atom. The summed E-state index contributed by atoms with van der Waals surface area (Å²) in [5, 5.41) is 0.254. The molecule has 0 aliphatic carbocycles. The zero-order valence-electron chi connectivity index (χ0n) is 8.51. The van der Waals surface area contributed by atoms with Gasteiger partial charge in [-0.2, -0.15) is 13.2 Å². The highest BCUT2D eigenvalue weighted by molar-refractivity contribution is 6.30. The maximum absolute atomic E-state index is 12.6. The molecule has 0 saturated heterocycles. The highest BCUT2D eigenvalue weighted by Gasteiger charge is 2.32. The number of ether oxygens (including phenoxy) is 1. The van der Waals surface area contributed by atoms with Gasteiger partial charge in [0.2, 0.25) is 0 Å². The van der Waals surface area contributed by atoms with E-state index >= 15 is 0 Å². The average Bonchev–Trinajstić information content (AvgIpc) is 2.16. The summed E-state index contributed by atoms with van der Waals surface area (Å²) in [4.78, 5) is 0. The van der Waals surface area contributed by atoms with Crippen LogP contribution in [0.4, 0.5) is 13.2 Å². The zero-order chi connectivity index (χ0) is 12.2. The minimum atomic E-state index is -4.39. The first-order valence-electron chi connectivity index (χ1n) is 4.60. The number of alkyl halides is 3. The molecular formula is C11H10ClF3O. The molecule has 0 amide bonds. The van der Waals surface area contributed by atoms with E-state index in [1.165, 1.54) is 24.5 Å². The molecule has 88 valence electrons. The van der Waals surface area contributed by atoms with Crippen molar-refractivity contribution in [2.45, 2.75) is 13.1 Å². The van der Waals surface area contributed by atoms with Gasteiger partial charge < -0.3 is 4.74 Å². The van der Waals surface area contributed by atoms with E-state index in [0.29, 0.717) is 6.61 Å². The van der Waals surface area contributed by atoms with Gasteiger partial charge in [-0.05, 0) is 36.8 Å². The SMILES string of the molecule is CCO/C=C/c1cc(Cl)ccc1C(F)(F)F. The lowest BCUT2D eigenvalue weighted by molar-refractivity contribution is -0.137. The van der Waals surface area contributed by atoms with Gasteiger partial charge in [-0.25, -0.2) is 0 Å². The van der Waals surface area contributed by atoms with Crippen LogP contribution in [0.1, 0.15) is 18.1 Å². The molecule has 0 fully saturated rings. The first kappa shape index (κ1) is 12.9. The molecule has 1 rings (SSSR count). The van der Waals surface area contributed by atoms with E-state index in [1.54, 1.807) is 6.92 Å². The lowest BCUT2D eigenvalue weighted by Crippen LogP contribution is -2.07. The normalized spacial score (nSPS) is 12.1. The zero-order valence-corrected chi connectivity index (χ0v) is 9.27. The molecule has 0 aromatic heterocycles. The van der Waals surface area contributed by atoms with Gasteiger partial charge in [-0.1, -0.05) is 11.6 Å². The molecule has 0 aliphatic heterocycles. The molecule has 0 radical (unpaired) electrons. The van der Waals surface area contributed by atoms with Gasteiger partial charge in [-0.3, -0.25) is 0 Å². The van der Waals surface area contributed by atoms with Crippen LogP contribution in [0.15, 0.2) is 24.5 Å². The molecule has 0 saturated carbocycles. The van der Waals surface area contributed by atoms with Gasteiger partial charge in [0.25, 0.3) is 0 Å². The summed E-state index contributed by atoms with van der Waals surface area (Å²) in [6.07, 6.45) is -1.92. The van der Waals surface area contributed by atoms with Gasteiger partial charge in [0, 0.05) is 5.02 Å². The molecule has 5 heteroatoms. The van der Waals surface area contributed by atoms with Crippen molar-refractivity contribution in [3.05, 3.63) is 40.6 Å². The molecule has 16 heavy (non-hydrogen) atoms. The third-order valence-corrected chi connectivity index (χ3v) is 2.06. The van der Waals surface area contributed by atoms with Crippen molar-refractivity contribution in [2.75, 3.05) is 6.61 Å². The molecule has 1 aromatic carbocycles. The summed E-state index contributed by atoms with van der Waals surface area (Å²) >= 11 is 5.64. The number of hydrogen-bond donors (Lipinski definition) is 0. The van der Waals surface area contributed by atoms with Gasteiger partial charge in [0.15, 0.2) is 0 Å². The van der Waals surface area contributed by atoms with Gasteiger partial charge in [0.1, 0.15) is 0 Å². The largest absolute Gasteiger partial charge is 0.501 e. The maximum Gasteiger partial charge on any atom is 0.416 e. The third-order valence-electron chi connectivity index (χ3n) is 1.83. The monoisotopic (exact) mass is 250 g/mol. The van der Waals surface area contributed by atoms with Crippen LogP contribution >= 0.6 is 11.6 Å². The first-order valence-corrected chi connectivity index (χ1v) is 4.98. The van der Waals surface area contributed by atoms with Gasteiger partial charge in [-0.15, -0.1) is 0 Å². The van der Waals surface area contributed by atoms with Gasteiger partial charge >= 0.3 is 6.18 Å². The van der Waals surface area contributed by atoms with Crippen molar-refractivity contribution < 1.29 is 17.9 Å². The lowest BCUT2D eigenvalue weighted by Gasteiger charge is -2.10. The van der Waals surface area contributed by atoms with Crippen LogP contribution < -0.4 is 0 Å². The summed E-state index contributed by atoms with van der Waals surface area (Å²) in [5.41, 5.74) is -0.735. The fourth-order valence-corrected chi connectivity index (χ4v) is 1.33. The molecule has 0 bridgehead atoms. The fraction of sp³-hybridized carbons (Fsp3) is 0.273. The molecule has 0 N–H and O–H groups in total. The standard InChI is InChI=1S/C11H10ClF3O/c1-2-16-6-5-8-7-9(12)3-4-10(8)11(13,14)15/h3-7H,2H2,1H3/b6-5+. The smallest absolute Gasteiger partial charge is 0.416 e. The summed E-state index contributed by atoms with van der Waals surface area (Å²) in [5.74, 6) is 0. The Morgan fingerprint density at radius 1 is 1.38 bits per heavy atom. The Labute approximate surface area is 96.5 Å². The number of rotatable bonds is 3. The average molecular weight is 251 g/mol. The van der Waals surface area contributed by atoms with Crippen molar-refractivity contribution in [3.8, 4) is 0 Å². The summed E-state index contributed by atoms with van der Waals surface area (Å²) in [6, 6.07) is 3.41. The number of hydrogen-bond acceptors (Lipinski definition) is 1. The van der Waals surface area contributed by atoms with E-state index in [4.69, 9.17) is 16.3 Å². The van der Waals surface area contributed by atoms with E-state index < -0.39 is 11.7 Å². The Hall–Kier alpha value is -1.16. The summed E-state index contributed by atoms with van der Waals surface area (Å²) in [6.45, 7) is 2.14. The van der Waals surface area contributed by atoms with E-state index in [1.807, 2.05) is 0 Å². The molecule has 1 nitrogen and oxygen atoms in total. The Balaban J connectivity index is 3.09. The molecule has 1 aromatic rings. The second-order valence-electron chi connectivity index (χ2n) is 2.99. The van der Waals surface area contributed by atoms with Crippen LogP contribution in [-0.4, -0.2) is 6.61 Å². The fourth-order valence-electron chi connectivity index (χ4n) is 1.15. The molecular weight excluding hydrogens is 241 g/mol. The second kappa shape index (κ2) is 5.25. The number of benzene rings is 1. The Bertz CT molecular complexity index is 385. The van der Waals surface area contributed by atoms with Crippen LogP contribution in [0.3, 0.4) is 0 Å². The van der Waals surface area contributed by atoms with Crippen LogP contribution in [-0.2, 0) is 10.9 Å². The molecule has 0 spiro atoms. The van der Waals surface area contributed by atoms with E-state index in [2.05, 4.69) is 0 Å². The molecule has 0 atom stereocenters. The minimum Gasteiger partial charge on any atom is -0.501 e. The topological polar surface area (TPSA) is 9.23 Å². The van der Waals surface area contributed by atoms with E-state index in [9.17, 15) is 13.2 Å². The predicted molar refractivity (Wildman–Crippen MR) is 57.1 cm³/mol. The first-order chi connectivity index (χ1) is 7.45. The van der Waals surface area contributed by atoms with E-state index in [0.717, 1.165) is 6.07 Å². The van der Waals surface area contributed by atoms with Crippen molar-refractivity contribution in [3.63, 3.8) is 0 Å². The minimum absolute atomic E-state index is 0.00606. The molecule has 0 heterocycles. The lowest BCUT2D eigenvalue weighted by atomic mass is 10.1. The third kappa shape index (κ3) is 3.45. The second-order valence-corrected chi connectivity index (χ2v) is 3.42. The van der Waals surface area contributed by atoms with Crippen LogP contribution in [0.2, 0.25) is 5.02 Å². The van der Waals surface area contributed by atoms with Crippen molar-refractivity contribution in [2.24, 2.45) is 0 Å². The maximum atomic E-state index is 12.6. The summed E-state index contributed by atoms with van der Waals surface area (Å²) < 4.78 is 42.6. The predicted octanol–water partition coefficient (Wildman–Crippen LogP) is 4.37. The molecule has 0 aliphatic rings. The van der Waals surface area contributed by atoms with Gasteiger partial charge in [0.05, 0.1) is 18.4 Å². The molecule has 0 unspecified atom stereocenters. The van der Waals surface area contributed by atoms with Crippen LogP contribution in [0.25, 0.3) is 6.08 Å². The highest BCUT2D eigenvalue weighted by Crippen LogP contribution is 2.33. The van der Waals surface area contributed by atoms with Crippen molar-refractivity contribution in [1.82, 2.24) is 0 Å².